The number of Topliss-reactive ketones (excluding diaryl/α,β-unsaturated/α-hetero) is 2. The molecule has 0 atom stereocenters. The number of carbonyl (C=O) groups excluding carboxylic acids is 5. The molecule has 0 aromatic heterocycles. The first kappa shape index (κ1) is 22.3. The maximum Gasteiger partial charge on any atom is 0.220 e. The van der Waals surface area contributed by atoms with Crippen LogP contribution in [0.1, 0.15) is 53.4 Å². The molecule has 0 fully saturated rings. The third-order valence-corrected chi connectivity index (χ3v) is 3.57. The lowest BCUT2D eigenvalue weighted by Gasteiger charge is -2.20. The second-order valence-corrected chi connectivity index (χ2v) is 7.58. The van der Waals surface area contributed by atoms with Crippen LogP contribution < -0.4 is 10.6 Å². The first-order valence-electron chi connectivity index (χ1n) is 7.74. The molecule has 0 aromatic rings. The minimum atomic E-state index is -0.399. The zero-order chi connectivity index (χ0) is 18.8. The van der Waals surface area contributed by atoms with Crippen molar-refractivity contribution in [3.8, 4) is 0 Å². The summed E-state index contributed by atoms with van der Waals surface area (Å²) < 4.78 is 0. The van der Waals surface area contributed by atoms with E-state index in [-0.39, 0.29) is 66.1 Å². The van der Waals surface area contributed by atoms with E-state index in [1.54, 1.807) is 0 Å². The van der Waals surface area contributed by atoms with Gasteiger partial charge in [-0.05, 0) is 20.8 Å². The molecule has 0 rings (SSSR count). The molecule has 7 nitrogen and oxygen atoms in total. The predicted molar refractivity (Wildman–Crippen MR) is 92.5 cm³/mol. The minimum absolute atomic E-state index is 0.0188. The van der Waals surface area contributed by atoms with Gasteiger partial charge in [-0.2, -0.15) is 0 Å². The van der Waals surface area contributed by atoms with Gasteiger partial charge in [0.15, 0.2) is 10.9 Å². The standard InChI is InChI=1S/C16H26N2O5S/c1-11(19)24-10-13(21)6-7-14(22)17-9-12(20)5-8-15(23)18-16(2,3)4/h5-10H2,1-4H3,(H,17,22)(H,18,23). The predicted octanol–water partition coefficient (Wildman–Crippen LogP) is 0.996. The van der Waals surface area contributed by atoms with Gasteiger partial charge in [0.2, 0.25) is 11.8 Å². The third kappa shape index (κ3) is 13.9. The maximum absolute atomic E-state index is 11.6. The molecule has 0 radical (unpaired) electrons. The Balaban J connectivity index is 3.86. The molecule has 0 spiro atoms. The van der Waals surface area contributed by atoms with Gasteiger partial charge >= 0.3 is 0 Å². The van der Waals surface area contributed by atoms with Crippen LogP contribution in [0.3, 0.4) is 0 Å². The maximum atomic E-state index is 11.6. The summed E-state index contributed by atoms with van der Waals surface area (Å²) in [4.78, 5) is 56.9. The Bertz CT molecular complexity index is 497. The molecule has 0 aliphatic rings. The lowest BCUT2D eigenvalue weighted by Crippen LogP contribution is -2.40. The summed E-state index contributed by atoms with van der Waals surface area (Å²) in [5.41, 5.74) is -0.346. The van der Waals surface area contributed by atoms with E-state index < -0.39 is 5.91 Å². The van der Waals surface area contributed by atoms with Crippen molar-refractivity contribution in [3.63, 3.8) is 0 Å². The number of carbonyl (C=O) groups is 5. The normalized spacial score (nSPS) is 10.8. The highest BCUT2D eigenvalue weighted by molar-refractivity contribution is 8.14. The summed E-state index contributed by atoms with van der Waals surface area (Å²) in [7, 11) is 0. The molecule has 0 aromatic carbocycles. The minimum Gasteiger partial charge on any atom is -0.351 e. The van der Waals surface area contributed by atoms with Crippen molar-refractivity contribution >= 4 is 40.3 Å². The topological polar surface area (TPSA) is 109 Å². The molecule has 0 unspecified atom stereocenters. The molecule has 0 aliphatic heterocycles. The highest BCUT2D eigenvalue weighted by atomic mass is 32.2. The number of hydrogen-bond donors (Lipinski definition) is 2. The van der Waals surface area contributed by atoms with Crippen LogP contribution in [0.5, 0.6) is 0 Å². The van der Waals surface area contributed by atoms with Crippen molar-refractivity contribution in [3.05, 3.63) is 0 Å². The first-order valence-corrected chi connectivity index (χ1v) is 8.72. The van der Waals surface area contributed by atoms with Gasteiger partial charge in [0.05, 0.1) is 12.3 Å². The molecule has 8 heteroatoms. The summed E-state index contributed by atoms with van der Waals surface area (Å²) in [6, 6.07) is 0. The second-order valence-electron chi connectivity index (χ2n) is 6.43. The van der Waals surface area contributed by atoms with Crippen LogP contribution in [0.2, 0.25) is 0 Å². The quantitative estimate of drug-likeness (QED) is 0.603. The van der Waals surface area contributed by atoms with E-state index in [0.29, 0.717) is 0 Å². The first-order chi connectivity index (χ1) is 11.0. The molecular weight excluding hydrogens is 332 g/mol. The SMILES string of the molecule is CC(=O)SCC(=O)CCC(=O)NCC(=O)CCC(=O)NC(C)(C)C. The van der Waals surface area contributed by atoms with E-state index in [1.165, 1.54) is 6.92 Å². The van der Waals surface area contributed by atoms with Gasteiger partial charge in [0, 0.05) is 38.1 Å². The average Bonchev–Trinajstić information content (AvgIpc) is 2.44. The fraction of sp³-hybridized carbons (Fsp3) is 0.688. The molecule has 0 heterocycles. The number of hydrogen-bond acceptors (Lipinski definition) is 6. The average molecular weight is 358 g/mol. The lowest BCUT2D eigenvalue weighted by atomic mass is 10.1. The van der Waals surface area contributed by atoms with Gasteiger partial charge in [-0.25, -0.2) is 0 Å². The second kappa shape index (κ2) is 11.0. The summed E-state index contributed by atoms with van der Waals surface area (Å²) in [5.74, 6) is -0.981. The van der Waals surface area contributed by atoms with Gasteiger partial charge < -0.3 is 10.6 Å². The molecule has 2 amide bonds. The smallest absolute Gasteiger partial charge is 0.220 e. The van der Waals surface area contributed by atoms with Crippen molar-refractivity contribution < 1.29 is 24.0 Å². The van der Waals surface area contributed by atoms with Gasteiger partial charge in [0.1, 0.15) is 5.78 Å². The number of ketones is 2. The van der Waals surface area contributed by atoms with Crippen molar-refractivity contribution in [1.29, 1.82) is 0 Å². The van der Waals surface area contributed by atoms with E-state index in [2.05, 4.69) is 10.6 Å². The van der Waals surface area contributed by atoms with Crippen LogP contribution in [-0.2, 0) is 24.0 Å². The van der Waals surface area contributed by atoms with Crippen LogP contribution in [0, 0.1) is 0 Å². The van der Waals surface area contributed by atoms with E-state index in [4.69, 9.17) is 0 Å². The van der Waals surface area contributed by atoms with Crippen molar-refractivity contribution in [2.75, 3.05) is 12.3 Å². The fourth-order valence-electron chi connectivity index (χ4n) is 1.61. The molecule has 136 valence electrons. The van der Waals surface area contributed by atoms with Crippen molar-refractivity contribution in [2.24, 2.45) is 0 Å². The van der Waals surface area contributed by atoms with E-state index in [0.717, 1.165) is 11.8 Å². The number of rotatable bonds is 10. The Kier molecular flexibility index (Phi) is 10.2. The van der Waals surface area contributed by atoms with Gasteiger partial charge in [-0.1, -0.05) is 11.8 Å². The number of nitrogens with one attached hydrogen (secondary N) is 2. The fourth-order valence-corrected chi connectivity index (χ4v) is 2.12. The molecule has 0 aliphatic carbocycles. The Morgan fingerprint density at radius 2 is 1.38 bits per heavy atom. The van der Waals surface area contributed by atoms with Gasteiger partial charge in [0.25, 0.3) is 0 Å². The summed E-state index contributed by atoms with van der Waals surface area (Å²) in [5, 5.41) is 5.03. The largest absolute Gasteiger partial charge is 0.351 e. The molecule has 0 saturated carbocycles. The van der Waals surface area contributed by atoms with Gasteiger partial charge in [-0.15, -0.1) is 0 Å². The van der Waals surface area contributed by atoms with Crippen molar-refractivity contribution in [2.45, 2.75) is 58.9 Å². The number of thioether (sulfide) groups is 1. The van der Waals surface area contributed by atoms with Crippen LogP contribution in [0.4, 0.5) is 0 Å². The Morgan fingerprint density at radius 3 is 1.92 bits per heavy atom. The summed E-state index contributed by atoms with van der Waals surface area (Å²) in [6.07, 6.45) is 0.145. The zero-order valence-corrected chi connectivity index (χ0v) is 15.5. The van der Waals surface area contributed by atoms with Crippen LogP contribution >= 0.6 is 11.8 Å². The molecule has 0 bridgehead atoms. The number of amides is 2. The third-order valence-electron chi connectivity index (χ3n) is 2.70. The van der Waals surface area contributed by atoms with E-state index in [1.807, 2.05) is 20.8 Å². The van der Waals surface area contributed by atoms with Crippen LogP contribution in [-0.4, -0.2) is 46.3 Å². The highest BCUT2D eigenvalue weighted by Crippen LogP contribution is 2.04. The zero-order valence-electron chi connectivity index (χ0n) is 14.7. The Morgan fingerprint density at radius 1 is 0.833 bits per heavy atom. The van der Waals surface area contributed by atoms with E-state index >= 15 is 0 Å². The van der Waals surface area contributed by atoms with Crippen LogP contribution in [0.15, 0.2) is 0 Å². The van der Waals surface area contributed by atoms with Crippen LogP contribution in [0.25, 0.3) is 0 Å². The summed E-state index contributed by atoms with van der Waals surface area (Å²) in [6.45, 7) is 6.77. The Hall–Kier alpha value is -1.70. The summed E-state index contributed by atoms with van der Waals surface area (Å²) >= 11 is 0.910. The molecular formula is C16H26N2O5S. The monoisotopic (exact) mass is 358 g/mol. The van der Waals surface area contributed by atoms with Gasteiger partial charge in [-0.3, -0.25) is 24.0 Å². The highest BCUT2D eigenvalue weighted by Gasteiger charge is 2.15. The molecule has 0 saturated heterocycles. The Labute approximate surface area is 146 Å². The molecule has 2 N–H and O–H groups in total. The lowest BCUT2D eigenvalue weighted by molar-refractivity contribution is -0.128. The van der Waals surface area contributed by atoms with E-state index in [9.17, 15) is 24.0 Å². The molecule has 24 heavy (non-hydrogen) atoms. The van der Waals surface area contributed by atoms with Crippen molar-refractivity contribution in [1.82, 2.24) is 10.6 Å².